The van der Waals surface area contributed by atoms with E-state index < -0.39 is 0 Å². The first-order valence-electron chi connectivity index (χ1n) is 6.54. The van der Waals surface area contributed by atoms with E-state index in [1.807, 2.05) is 12.4 Å². The number of rotatable bonds is 7. The Morgan fingerprint density at radius 1 is 1.32 bits per heavy atom. The fraction of sp³-hybridized carbons (Fsp3) is 0.429. The Bertz CT molecular complexity index is 483. The predicted molar refractivity (Wildman–Crippen MR) is 80.7 cm³/mol. The van der Waals surface area contributed by atoms with Crippen LogP contribution in [0.25, 0.3) is 0 Å². The lowest BCUT2D eigenvalue weighted by molar-refractivity contribution is 0.713. The van der Waals surface area contributed by atoms with Crippen LogP contribution in [-0.2, 0) is 13.0 Å². The van der Waals surface area contributed by atoms with Gasteiger partial charge in [-0.2, -0.15) is 0 Å². The summed E-state index contributed by atoms with van der Waals surface area (Å²) in [7, 11) is 2.09. The highest BCUT2D eigenvalue weighted by molar-refractivity contribution is 7.13. The summed E-state index contributed by atoms with van der Waals surface area (Å²) >= 11 is 1.71. The maximum absolute atomic E-state index is 4.63. The topological polar surface area (TPSA) is 41.0 Å². The minimum Gasteiger partial charge on any atom is -0.351 e. The Morgan fingerprint density at radius 3 is 2.84 bits per heavy atom. The van der Waals surface area contributed by atoms with Crippen molar-refractivity contribution in [2.24, 2.45) is 0 Å². The molecule has 4 nitrogen and oxygen atoms in total. The maximum Gasteiger partial charge on any atom is 0.185 e. The van der Waals surface area contributed by atoms with Gasteiger partial charge in [0.25, 0.3) is 0 Å². The van der Waals surface area contributed by atoms with E-state index in [1.54, 1.807) is 11.3 Å². The summed E-state index contributed by atoms with van der Waals surface area (Å²) < 4.78 is 0. The average molecular weight is 276 g/mol. The SMILES string of the molecule is CCNCc1csc(N(C)CCc2ccncc2)n1. The van der Waals surface area contributed by atoms with Crippen LogP contribution in [0, 0.1) is 0 Å². The normalized spacial score (nSPS) is 10.6. The molecule has 2 aromatic rings. The number of anilines is 1. The van der Waals surface area contributed by atoms with Crippen LogP contribution in [0.5, 0.6) is 0 Å². The second kappa shape index (κ2) is 7.21. The molecule has 0 aromatic carbocycles. The number of pyridine rings is 1. The minimum absolute atomic E-state index is 0.852. The first-order valence-corrected chi connectivity index (χ1v) is 7.42. The molecule has 5 heteroatoms. The van der Waals surface area contributed by atoms with Gasteiger partial charge in [-0.1, -0.05) is 6.92 Å². The summed E-state index contributed by atoms with van der Waals surface area (Å²) in [4.78, 5) is 10.9. The fourth-order valence-corrected chi connectivity index (χ4v) is 2.57. The summed E-state index contributed by atoms with van der Waals surface area (Å²) in [5, 5.41) is 6.50. The molecule has 102 valence electrons. The maximum atomic E-state index is 4.63. The van der Waals surface area contributed by atoms with Crippen molar-refractivity contribution in [2.75, 3.05) is 25.0 Å². The van der Waals surface area contributed by atoms with Gasteiger partial charge >= 0.3 is 0 Å². The van der Waals surface area contributed by atoms with Gasteiger partial charge in [-0.3, -0.25) is 4.98 Å². The molecule has 0 saturated heterocycles. The molecule has 0 aliphatic carbocycles. The van der Waals surface area contributed by atoms with E-state index in [1.165, 1.54) is 5.56 Å². The largest absolute Gasteiger partial charge is 0.351 e. The Kier molecular flexibility index (Phi) is 5.30. The summed E-state index contributed by atoms with van der Waals surface area (Å²) in [6.45, 7) is 4.90. The van der Waals surface area contributed by atoms with E-state index in [4.69, 9.17) is 0 Å². The van der Waals surface area contributed by atoms with Crippen LogP contribution in [0.2, 0.25) is 0 Å². The highest BCUT2D eigenvalue weighted by atomic mass is 32.1. The number of likely N-dealkylation sites (N-methyl/N-ethyl adjacent to an activating group) is 1. The third kappa shape index (κ3) is 4.29. The smallest absolute Gasteiger partial charge is 0.185 e. The zero-order valence-electron chi connectivity index (χ0n) is 11.5. The number of nitrogens with one attached hydrogen (secondary N) is 1. The van der Waals surface area contributed by atoms with Crippen LogP contribution in [0.1, 0.15) is 18.2 Å². The summed E-state index contributed by atoms with van der Waals surface area (Å²) in [5.74, 6) is 0. The Morgan fingerprint density at radius 2 is 2.11 bits per heavy atom. The Balaban J connectivity index is 1.85. The van der Waals surface area contributed by atoms with Crippen molar-refractivity contribution in [2.45, 2.75) is 19.9 Å². The van der Waals surface area contributed by atoms with Gasteiger partial charge in [0.1, 0.15) is 0 Å². The molecule has 0 saturated carbocycles. The van der Waals surface area contributed by atoms with Crippen LogP contribution < -0.4 is 10.2 Å². The molecule has 0 unspecified atom stereocenters. The van der Waals surface area contributed by atoms with E-state index in [0.717, 1.165) is 36.9 Å². The molecule has 2 heterocycles. The first-order chi connectivity index (χ1) is 9.29. The molecule has 0 radical (unpaired) electrons. The molecule has 0 bridgehead atoms. The van der Waals surface area contributed by atoms with Crippen LogP contribution in [-0.4, -0.2) is 30.1 Å². The van der Waals surface area contributed by atoms with Gasteiger partial charge in [0, 0.05) is 37.9 Å². The molecular formula is C14H20N4S. The summed E-state index contributed by atoms with van der Waals surface area (Å²) in [5.41, 5.74) is 2.43. The quantitative estimate of drug-likeness (QED) is 0.842. The van der Waals surface area contributed by atoms with Crippen LogP contribution >= 0.6 is 11.3 Å². The highest BCUT2D eigenvalue weighted by Gasteiger charge is 2.06. The van der Waals surface area contributed by atoms with Gasteiger partial charge in [-0.05, 0) is 30.7 Å². The molecule has 0 aliphatic rings. The molecule has 0 atom stereocenters. The van der Waals surface area contributed by atoms with E-state index >= 15 is 0 Å². The van der Waals surface area contributed by atoms with Crippen molar-refractivity contribution in [3.05, 3.63) is 41.2 Å². The molecule has 0 spiro atoms. The zero-order chi connectivity index (χ0) is 13.5. The molecule has 2 rings (SSSR count). The van der Waals surface area contributed by atoms with Gasteiger partial charge in [0.2, 0.25) is 0 Å². The van der Waals surface area contributed by atoms with Gasteiger partial charge in [0.05, 0.1) is 5.69 Å². The van der Waals surface area contributed by atoms with Gasteiger partial charge in [0.15, 0.2) is 5.13 Å². The lowest BCUT2D eigenvalue weighted by Gasteiger charge is -2.15. The zero-order valence-corrected chi connectivity index (χ0v) is 12.3. The van der Waals surface area contributed by atoms with Crippen molar-refractivity contribution in [1.82, 2.24) is 15.3 Å². The van der Waals surface area contributed by atoms with Crippen LogP contribution in [0.15, 0.2) is 29.9 Å². The Labute approximate surface area is 118 Å². The van der Waals surface area contributed by atoms with Gasteiger partial charge in [-0.15, -0.1) is 11.3 Å². The second-order valence-electron chi connectivity index (χ2n) is 4.43. The number of nitrogens with zero attached hydrogens (tertiary/aromatic N) is 3. The number of hydrogen-bond acceptors (Lipinski definition) is 5. The number of hydrogen-bond donors (Lipinski definition) is 1. The molecule has 0 amide bonds. The molecule has 1 N–H and O–H groups in total. The molecular weight excluding hydrogens is 256 g/mol. The first kappa shape index (κ1) is 14.0. The van der Waals surface area contributed by atoms with Crippen molar-refractivity contribution in [3.63, 3.8) is 0 Å². The average Bonchev–Trinajstić information content (AvgIpc) is 2.92. The molecule has 0 aliphatic heterocycles. The van der Waals surface area contributed by atoms with E-state index in [2.05, 4.69) is 51.7 Å². The number of thiazole rings is 1. The minimum atomic E-state index is 0.852. The molecule has 0 fully saturated rings. The molecule has 19 heavy (non-hydrogen) atoms. The van der Waals surface area contributed by atoms with Gasteiger partial charge in [-0.25, -0.2) is 4.98 Å². The van der Waals surface area contributed by atoms with Gasteiger partial charge < -0.3 is 10.2 Å². The lowest BCUT2D eigenvalue weighted by atomic mass is 10.2. The van der Waals surface area contributed by atoms with Crippen molar-refractivity contribution in [3.8, 4) is 0 Å². The van der Waals surface area contributed by atoms with E-state index in [9.17, 15) is 0 Å². The van der Waals surface area contributed by atoms with Crippen molar-refractivity contribution >= 4 is 16.5 Å². The van der Waals surface area contributed by atoms with E-state index in [-0.39, 0.29) is 0 Å². The fourth-order valence-electron chi connectivity index (χ4n) is 1.75. The van der Waals surface area contributed by atoms with Crippen LogP contribution in [0.4, 0.5) is 5.13 Å². The predicted octanol–water partition coefficient (Wildman–Crippen LogP) is 2.33. The third-order valence-electron chi connectivity index (χ3n) is 2.91. The standard InChI is InChI=1S/C14H20N4S/c1-3-15-10-13-11-19-14(17-13)18(2)9-6-12-4-7-16-8-5-12/h4-5,7-8,11,15H,3,6,9-10H2,1-2H3. The van der Waals surface area contributed by atoms with E-state index in [0.29, 0.717) is 0 Å². The van der Waals surface area contributed by atoms with Crippen molar-refractivity contribution in [1.29, 1.82) is 0 Å². The summed E-state index contributed by atoms with van der Waals surface area (Å²) in [6, 6.07) is 4.12. The second-order valence-corrected chi connectivity index (χ2v) is 5.27. The lowest BCUT2D eigenvalue weighted by Crippen LogP contribution is -2.20. The van der Waals surface area contributed by atoms with Crippen molar-refractivity contribution < 1.29 is 0 Å². The highest BCUT2D eigenvalue weighted by Crippen LogP contribution is 2.19. The van der Waals surface area contributed by atoms with Crippen LogP contribution in [0.3, 0.4) is 0 Å². The molecule has 2 aromatic heterocycles. The third-order valence-corrected chi connectivity index (χ3v) is 3.91. The number of aromatic nitrogens is 2. The Hall–Kier alpha value is -1.46. The monoisotopic (exact) mass is 276 g/mol. The summed E-state index contributed by atoms with van der Waals surface area (Å²) in [6.07, 6.45) is 4.70.